The molecule has 18 heavy (non-hydrogen) atoms. The van der Waals surface area contributed by atoms with Crippen molar-refractivity contribution in [3.8, 4) is 0 Å². The molecular formula is C12H22N2O4. The van der Waals surface area contributed by atoms with Crippen LogP contribution in [0.3, 0.4) is 0 Å². The highest BCUT2D eigenvalue weighted by Gasteiger charge is 2.41. The lowest BCUT2D eigenvalue weighted by molar-refractivity contribution is -0.144. The molecule has 1 aliphatic heterocycles. The number of nitrogens with two attached hydrogens (primary N) is 1. The van der Waals surface area contributed by atoms with Gasteiger partial charge in [-0.1, -0.05) is 6.92 Å². The Kier molecular flexibility index (Phi) is 5.25. The summed E-state index contributed by atoms with van der Waals surface area (Å²) in [5.74, 6) is -1.14. The number of hydrogen-bond acceptors (Lipinski definition) is 5. The molecule has 6 nitrogen and oxygen atoms in total. The van der Waals surface area contributed by atoms with Crippen LogP contribution < -0.4 is 5.73 Å². The number of hydrogen-bond donors (Lipinski definition) is 3. The number of rotatable bonds is 5. The minimum absolute atomic E-state index is 0.228. The van der Waals surface area contributed by atoms with Crippen molar-refractivity contribution in [1.29, 1.82) is 0 Å². The number of carbonyl (C=O) groups excluding carboxylic acids is 2. The molecule has 1 aliphatic rings. The molecule has 104 valence electrons. The molecule has 0 saturated carbocycles. The fourth-order valence-corrected chi connectivity index (χ4v) is 2.36. The Morgan fingerprint density at radius 1 is 1.50 bits per heavy atom. The Bertz CT molecular complexity index is 321. The summed E-state index contributed by atoms with van der Waals surface area (Å²) in [4.78, 5) is 25.0. The maximum absolute atomic E-state index is 12.2. The zero-order chi connectivity index (χ0) is 13.9. The number of aliphatic hydroxyl groups is 2. The Balaban J connectivity index is 2.74. The zero-order valence-electron chi connectivity index (χ0n) is 10.9. The van der Waals surface area contributed by atoms with Gasteiger partial charge in [-0.3, -0.25) is 9.59 Å². The molecule has 0 aromatic heterocycles. The van der Waals surface area contributed by atoms with E-state index < -0.39 is 24.2 Å². The molecule has 4 atom stereocenters. The molecule has 0 aromatic carbocycles. The Labute approximate surface area is 107 Å². The normalized spacial score (nSPS) is 27.1. The van der Waals surface area contributed by atoms with Crippen molar-refractivity contribution in [2.45, 2.75) is 44.9 Å². The molecule has 0 bridgehead atoms. The van der Waals surface area contributed by atoms with Crippen LogP contribution in [0.1, 0.15) is 26.7 Å². The third kappa shape index (κ3) is 3.07. The molecule has 1 amide bonds. The number of ketones is 1. The van der Waals surface area contributed by atoms with E-state index in [9.17, 15) is 19.8 Å². The van der Waals surface area contributed by atoms with Gasteiger partial charge in [0, 0.05) is 6.54 Å². The van der Waals surface area contributed by atoms with Crippen molar-refractivity contribution in [2.75, 3.05) is 13.1 Å². The second-order valence-electron chi connectivity index (χ2n) is 4.88. The van der Waals surface area contributed by atoms with Crippen LogP contribution in [0.5, 0.6) is 0 Å². The molecule has 0 spiro atoms. The lowest BCUT2D eigenvalue weighted by atomic mass is 9.99. The van der Waals surface area contributed by atoms with Gasteiger partial charge < -0.3 is 20.8 Å². The van der Waals surface area contributed by atoms with Crippen molar-refractivity contribution in [3.05, 3.63) is 0 Å². The topological polar surface area (TPSA) is 104 Å². The third-order valence-corrected chi connectivity index (χ3v) is 3.49. The summed E-state index contributed by atoms with van der Waals surface area (Å²) < 4.78 is 0. The molecule has 1 saturated heterocycles. The van der Waals surface area contributed by atoms with Crippen LogP contribution in [0.15, 0.2) is 0 Å². The van der Waals surface area contributed by atoms with Crippen LogP contribution in [0.25, 0.3) is 0 Å². The van der Waals surface area contributed by atoms with Crippen molar-refractivity contribution in [3.63, 3.8) is 0 Å². The predicted octanol–water partition coefficient (Wildman–Crippen LogP) is -1.12. The first-order valence-corrected chi connectivity index (χ1v) is 6.27. The lowest BCUT2D eigenvalue weighted by Crippen LogP contribution is -2.48. The zero-order valence-corrected chi connectivity index (χ0v) is 10.9. The average Bonchev–Trinajstić information content (AvgIpc) is 2.69. The van der Waals surface area contributed by atoms with Crippen LogP contribution in [-0.2, 0) is 9.59 Å². The molecule has 0 radical (unpaired) electrons. The van der Waals surface area contributed by atoms with Crippen LogP contribution in [0.4, 0.5) is 0 Å². The molecular weight excluding hydrogens is 236 g/mol. The van der Waals surface area contributed by atoms with Crippen molar-refractivity contribution < 1.29 is 19.8 Å². The molecule has 0 unspecified atom stereocenters. The summed E-state index contributed by atoms with van der Waals surface area (Å²) in [6.07, 6.45) is -0.873. The molecule has 1 fully saturated rings. The Morgan fingerprint density at radius 2 is 2.11 bits per heavy atom. The summed E-state index contributed by atoms with van der Waals surface area (Å²) in [7, 11) is 0. The highest BCUT2D eigenvalue weighted by atomic mass is 16.3. The van der Waals surface area contributed by atoms with Crippen molar-refractivity contribution >= 4 is 11.7 Å². The van der Waals surface area contributed by atoms with E-state index in [4.69, 9.17) is 5.73 Å². The van der Waals surface area contributed by atoms with E-state index in [1.165, 1.54) is 11.8 Å². The summed E-state index contributed by atoms with van der Waals surface area (Å²) >= 11 is 0. The molecule has 1 heterocycles. The first-order valence-electron chi connectivity index (χ1n) is 6.27. The second-order valence-corrected chi connectivity index (χ2v) is 4.88. The number of nitrogens with zero attached hydrogens (tertiary/aromatic N) is 1. The first-order chi connectivity index (χ1) is 8.40. The lowest BCUT2D eigenvalue weighted by Gasteiger charge is -2.28. The molecule has 4 N–H and O–H groups in total. The van der Waals surface area contributed by atoms with E-state index in [1.54, 1.807) is 6.92 Å². The van der Waals surface area contributed by atoms with Gasteiger partial charge in [-0.05, 0) is 26.3 Å². The maximum Gasteiger partial charge on any atom is 0.228 e. The van der Waals surface area contributed by atoms with E-state index in [1.807, 2.05) is 0 Å². The van der Waals surface area contributed by atoms with E-state index >= 15 is 0 Å². The van der Waals surface area contributed by atoms with Crippen LogP contribution in [-0.4, -0.2) is 58.1 Å². The minimum atomic E-state index is -0.812. The molecule has 1 rings (SSSR count). The monoisotopic (exact) mass is 258 g/mol. The SMILES string of the molecule is CC(=O)[C@@H]1[C@@H](O)CCN1C(=O)[C@@H](C)[C@H](O)CCN. The van der Waals surface area contributed by atoms with Crippen molar-refractivity contribution in [1.82, 2.24) is 4.90 Å². The Morgan fingerprint density at radius 3 is 2.61 bits per heavy atom. The summed E-state index contributed by atoms with van der Waals surface area (Å²) in [5, 5.41) is 19.5. The summed E-state index contributed by atoms with van der Waals surface area (Å²) in [5.41, 5.74) is 5.34. The highest BCUT2D eigenvalue weighted by Crippen LogP contribution is 2.22. The van der Waals surface area contributed by atoms with Gasteiger partial charge in [-0.15, -0.1) is 0 Å². The van der Waals surface area contributed by atoms with Gasteiger partial charge >= 0.3 is 0 Å². The van der Waals surface area contributed by atoms with Crippen molar-refractivity contribution in [2.24, 2.45) is 11.7 Å². The fourth-order valence-electron chi connectivity index (χ4n) is 2.36. The quantitative estimate of drug-likeness (QED) is 0.579. The molecule has 0 aromatic rings. The summed E-state index contributed by atoms with van der Waals surface area (Å²) in [6.45, 7) is 3.63. The van der Waals surface area contributed by atoms with Crippen LogP contribution in [0, 0.1) is 5.92 Å². The number of likely N-dealkylation sites (tertiary alicyclic amines) is 1. The number of carbonyl (C=O) groups is 2. The third-order valence-electron chi connectivity index (χ3n) is 3.49. The average molecular weight is 258 g/mol. The largest absolute Gasteiger partial charge is 0.392 e. The van der Waals surface area contributed by atoms with Gasteiger partial charge in [0.2, 0.25) is 5.91 Å². The number of aliphatic hydroxyl groups excluding tert-OH is 2. The molecule has 6 heteroatoms. The second kappa shape index (κ2) is 6.26. The smallest absolute Gasteiger partial charge is 0.228 e. The number of Topliss-reactive ketones (excluding diaryl/α,β-unsaturated/α-hetero) is 1. The number of amides is 1. The maximum atomic E-state index is 12.2. The highest BCUT2D eigenvalue weighted by molar-refractivity contribution is 5.89. The van der Waals surface area contributed by atoms with E-state index in [-0.39, 0.29) is 11.7 Å². The summed E-state index contributed by atoms with van der Waals surface area (Å²) in [6, 6.07) is -0.773. The predicted molar refractivity (Wildman–Crippen MR) is 65.6 cm³/mol. The van der Waals surface area contributed by atoms with Gasteiger partial charge in [0.05, 0.1) is 18.1 Å². The van der Waals surface area contributed by atoms with E-state index in [2.05, 4.69) is 0 Å². The van der Waals surface area contributed by atoms with Crippen LogP contribution in [0.2, 0.25) is 0 Å². The van der Waals surface area contributed by atoms with Gasteiger partial charge in [0.15, 0.2) is 5.78 Å². The first kappa shape index (κ1) is 15.1. The minimum Gasteiger partial charge on any atom is -0.392 e. The van der Waals surface area contributed by atoms with E-state index in [0.717, 1.165) is 0 Å². The van der Waals surface area contributed by atoms with Gasteiger partial charge in [-0.25, -0.2) is 0 Å². The van der Waals surface area contributed by atoms with Crippen LogP contribution >= 0.6 is 0 Å². The fraction of sp³-hybridized carbons (Fsp3) is 0.833. The Hall–Kier alpha value is -0.980. The standard InChI is InChI=1S/C12H22N2O4/c1-7(9(16)3-5-13)12(18)14-6-4-10(17)11(14)8(2)15/h7,9-11,16-17H,3-6,13H2,1-2H3/t7-,9+,10-,11+/m0/s1. The molecule has 0 aliphatic carbocycles. The van der Waals surface area contributed by atoms with Gasteiger partial charge in [0.25, 0.3) is 0 Å². The van der Waals surface area contributed by atoms with E-state index in [0.29, 0.717) is 25.9 Å². The van der Waals surface area contributed by atoms with Gasteiger partial charge in [-0.2, -0.15) is 0 Å². The van der Waals surface area contributed by atoms with Gasteiger partial charge in [0.1, 0.15) is 6.04 Å².